The van der Waals surface area contributed by atoms with E-state index >= 15 is 9.59 Å². The predicted octanol–water partition coefficient (Wildman–Crippen LogP) is 13.2. The van der Waals surface area contributed by atoms with Crippen molar-refractivity contribution in [3.63, 3.8) is 0 Å². The molecule has 4 N–H and O–H groups in total. The van der Waals surface area contributed by atoms with Gasteiger partial charge in [-0.05, 0) is 135 Å². The van der Waals surface area contributed by atoms with E-state index in [1.165, 1.54) is 79.5 Å². The van der Waals surface area contributed by atoms with Crippen LogP contribution in [0.1, 0.15) is 137 Å². The largest absolute Gasteiger partial charge is 0.493 e. The Balaban J connectivity index is 1.09. The van der Waals surface area contributed by atoms with Gasteiger partial charge in [0.25, 0.3) is 11.8 Å². The third-order valence-electron chi connectivity index (χ3n) is 18.8. The molecule has 4 aromatic rings. The number of benzene rings is 4. The second-order valence-electron chi connectivity index (χ2n) is 28.7. The van der Waals surface area contributed by atoms with Crippen LogP contribution in [0.5, 0.6) is 23.0 Å². The van der Waals surface area contributed by atoms with E-state index in [-0.39, 0.29) is 100 Å². The Morgan fingerprint density at radius 1 is 0.600 bits per heavy atom. The van der Waals surface area contributed by atoms with Crippen LogP contribution < -0.4 is 44.7 Å². The Bertz CT molecular complexity index is 3890. The van der Waals surface area contributed by atoms with Crippen molar-refractivity contribution >= 4 is 81.6 Å². The van der Waals surface area contributed by atoms with Crippen molar-refractivity contribution in [2.45, 2.75) is 182 Å². The number of hydrogen-bond acceptors (Lipinski definition) is 17. The molecule has 25 nitrogen and oxygen atoms in total. The van der Waals surface area contributed by atoms with Gasteiger partial charge in [-0.2, -0.15) is 0 Å². The Morgan fingerprint density at radius 3 is 1.47 bits per heavy atom. The predicted molar refractivity (Wildman–Crippen MR) is 382 cm³/mol. The zero-order valence-corrected chi connectivity index (χ0v) is 62.2. The molecular weight excluding hydrogens is 1320 g/mol. The second-order valence-corrected chi connectivity index (χ2v) is 38.3. The zero-order chi connectivity index (χ0) is 73.7. The summed E-state index contributed by atoms with van der Waals surface area (Å²) in [7, 11) is -2.71. The van der Waals surface area contributed by atoms with E-state index in [4.69, 9.17) is 42.0 Å². The van der Waals surface area contributed by atoms with Crippen molar-refractivity contribution in [3.8, 4) is 23.0 Å². The van der Waals surface area contributed by atoms with Crippen LogP contribution in [0.3, 0.4) is 0 Å². The highest BCUT2D eigenvalue weighted by Gasteiger charge is 2.53. The Labute approximate surface area is 587 Å². The highest BCUT2D eigenvalue weighted by atomic mass is 28.4. The van der Waals surface area contributed by atoms with Crippen molar-refractivity contribution in [3.05, 3.63) is 149 Å². The first kappa shape index (κ1) is 76.3. The molecule has 27 heteroatoms. The van der Waals surface area contributed by atoms with Gasteiger partial charge >= 0.3 is 24.2 Å². The smallest absolute Gasteiger partial charge is 0.416 e. The summed E-state index contributed by atoms with van der Waals surface area (Å²) in [6, 6.07) is 13.8. The van der Waals surface area contributed by atoms with Crippen LogP contribution in [-0.4, -0.2) is 143 Å². The number of methoxy groups -OCH3 is 2. The minimum absolute atomic E-state index is 0.0504. The van der Waals surface area contributed by atoms with Crippen LogP contribution in [0.25, 0.3) is 0 Å². The van der Waals surface area contributed by atoms with E-state index in [1.807, 2.05) is 26.9 Å². The van der Waals surface area contributed by atoms with Gasteiger partial charge < -0.3 is 72.9 Å². The minimum atomic E-state index is -2.82. The van der Waals surface area contributed by atoms with Gasteiger partial charge in [0.2, 0.25) is 11.8 Å². The number of ether oxygens (including phenoxy) is 7. The topological polar surface area (TPSA) is 289 Å². The monoisotopic (exact) mass is 1410 g/mol. The standard InChI is InChI=1S/C73H95N7O18Si2/c1-20-26-92-69(87)76-61(42(3)4)63(82)74-45(7)62(81)75-50-24-22-46(23-25-50)39-96-71(89)80-54-36-60(58(91-15)34-52(54)65(84)78-38-44(6)29-56(78)67(80)98-100(18,19)73(11,12)13)95-41-48-30-47(31-49(32-48)68(85)86)40-94-59-35-53-51(33-57(59)90-14)64(83)77-37-43(5)28-55(77)66(79(53)70(88)93-27-21-2)97-99(16,17)72(8,9)10/h20-25,30-38,42,45,55-56,61,66-67H,1-2,26-29,39-41H2,3-19H3,(H,74,82)(H,75,81)(H,76,87)(H,85,86)/t45-,55-,56-,61-,66-,67-/m0/s1. The molecule has 0 bridgehead atoms. The molecule has 0 fully saturated rings. The molecule has 7 amide bonds. The molecule has 8 rings (SSSR count). The van der Waals surface area contributed by atoms with Gasteiger partial charge in [0, 0.05) is 30.2 Å². The number of anilines is 3. The summed E-state index contributed by atoms with van der Waals surface area (Å²) in [5.74, 6) is -3.15. The van der Waals surface area contributed by atoms with E-state index in [0.29, 0.717) is 35.2 Å². The zero-order valence-electron chi connectivity index (χ0n) is 60.2. The number of rotatable bonds is 25. The van der Waals surface area contributed by atoms with Crippen LogP contribution in [0.4, 0.5) is 31.4 Å². The first-order chi connectivity index (χ1) is 46.9. The van der Waals surface area contributed by atoms with Crippen LogP contribution in [0.15, 0.2) is 116 Å². The van der Waals surface area contributed by atoms with Crippen molar-refractivity contribution < 1.29 is 85.5 Å². The van der Waals surface area contributed by atoms with Crippen molar-refractivity contribution in [1.82, 2.24) is 20.4 Å². The summed E-state index contributed by atoms with van der Waals surface area (Å²) < 4.78 is 56.1. The van der Waals surface area contributed by atoms with E-state index in [9.17, 15) is 33.9 Å². The number of nitrogens with zero attached hydrogens (tertiary/aromatic N) is 4. The van der Waals surface area contributed by atoms with Crippen molar-refractivity contribution in [1.29, 1.82) is 0 Å². The highest BCUT2D eigenvalue weighted by molar-refractivity contribution is 6.74. The van der Waals surface area contributed by atoms with Gasteiger partial charge in [-0.1, -0.05) is 104 Å². The molecule has 4 aliphatic rings. The molecule has 0 radical (unpaired) electrons. The van der Waals surface area contributed by atoms with Crippen LogP contribution in [0, 0.1) is 5.92 Å². The molecule has 0 saturated heterocycles. The Hall–Kier alpha value is -9.45. The number of carbonyl (C=O) groups excluding carboxylic acids is 7. The maximum atomic E-state index is 15.3. The number of fused-ring (bicyclic) bond motifs is 4. The fourth-order valence-corrected chi connectivity index (χ4v) is 13.8. The fraction of sp³-hybridized carbons (Fsp3) is 0.452. The lowest BCUT2D eigenvalue weighted by molar-refractivity contribution is -0.128. The molecular formula is C73H95N7O18Si2. The van der Waals surface area contributed by atoms with Gasteiger partial charge in [-0.15, -0.1) is 0 Å². The fourth-order valence-electron chi connectivity index (χ4n) is 11.4. The third kappa shape index (κ3) is 17.0. The number of alkyl carbamates (subject to hydrolysis) is 1. The lowest BCUT2D eigenvalue weighted by Gasteiger charge is -2.44. The van der Waals surface area contributed by atoms with Gasteiger partial charge in [-0.3, -0.25) is 19.2 Å². The quantitative estimate of drug-likeness (QED) is 0.0272. The number of aromatic carboxylic acids is 1. The van der Waals surface area contributed by atoms with Crippen molar-refractivity contribution in [2.24, 2.45) is 5.92 Å². The summed E-state index contributed by atoms with van der Waals surface area (Å²) in [6.45, 7) is 35.7. The molecule has 100 heavy (non-hydrogen) atoms. The Morgan fingerprint density at radius 2 is 1.05 bits per heavy atom. The molecule has 0 spiro atoms. The first-order valence-corrected chi connectivity index (χ1v) is 38.9. The van der Waals surface area contributed by atoms with E-state index in [1.54, 1.807) is 66.4 Å². The molecule has 4 aliphatic heterocycles. The number of carboxylic acids is 1. The third-order valence-corrected chi connectivity index (χ3v) is 27.7. The molecule has 0 saturated carbocycles. The van der Waals surface area contributed by atoms with Gasteiger partial charge in [-0.25, -0.2) is 29.0 Å². The molecule has 0 aromatic heterocycles. The highest BCUT2D eigenvalue weighted by Crippen LogP contribution is 2.48. The average Bonchev–Trinajstić information content (AvgIpc) is 1.56. The minimum Gasteiger partial charge on any atom is -0.493 e. The molecule has 0 aliphatic carbocycles. The lowest BCUT2D eigenvalue weighted by Crippen LogP contribution is -2.57. The number of carbonyl (C=O) groups is 8. The SMILES string of the molecule is C=CCOC(=O)N[C@H](C(=O)N[C@@H](C)C(=O)Nc1ccc(COC(=O)N2c3cc(OCc4cc(COc5cc6c(cc5OC)C(=O)N5C=C(C)C[C@H]5[C@H](O[Si](C)(C)C(C)(C)C)N6C(=O)OCC=C)cc(C(=O)O)c4)c(OC)cc3C(=O)N3C=C(C)C[C@H]3[C@@H]2O[Si](C)(C)C(C)(C)C)cc1)C(C)C. The molecule has 4 heterocycles. The van der Waals surface area contributed by atoms with E-state index in [0.717, 1.165) is 11.1 Å². The molecule has 6 atom stereocenters. The maximum Gasteiger partial charge on any atom is 0.416 e. The van der Waals surface area contributed by atoms with Gasteiger partial charge in [0.1, 0.15) is 45.1 Å². The average molecular weight is 1410 g/mol. The van der Waals surface area contributed by atoms with Crippen LogP contribution in [0.2, 0.25) is 36.3 Å². The maximum absolute atomic E-state index is 15.3. The summed E-state index contributed by atoms with van der Waals surface area (Å²) >= 11 is 0. The molecule has 0 unspecified atom stereocenters. The number of carboxylic acid groups (broad SMARTS) is 1. The molecule has 4 aromatic carbocycles. The Kier molecular flexibility index (Phi) is 23.6. The van der Waals surface area contributed by atoms with Gasteiger partial charge in [0.15, 0.2) is 52.1 Å². The first-order valence-electron chi connectivity index (χ1n) is 33.1. The van der Waals surface area contributed by atoms with Crippen LogP contribution in [-0.2, 0) is 52.5 Å². The molecule has 538 valence electrons. The normalized spacial score (nSPS) is 18.1. The van der Waals surface area contributed by atoms with E-state index < -0.39 is 101 Å². The second kappa shape index (κ2) is 31.0. The summed E-state index contributed by atoms with van der Waals surface area (Å²) in [6.07, 6.45) is 2.58. The van der Waals surface area contributed by atoms with Crippen molar-refractivity contribution in [2.75, 3.05) is 42.5 Å². The summed E-state index contributed by atoms with van der Waals surface area (Å²) in [5.41, 5.74) is 3.73. The van der Waals surface area contributed by atoms with Gasteiger partial charge in [0.05, 0.1) is 54.4 Å². The lowest BCUT2D eigenvalue weighted by atomic mass is 10.0. The number of hydrogen-bond donors (Lipinski definition) is 4. The van der Waals surface area contributed by atoms with Crippen LogP contribution >= 0.6 is 0 Å². The number of amides is 7. The number of nitrogens with one attached hydrogen (secondary N) is 3. The summed E-state index contributed by atoms with van der Waals surface area (Å²) in [5, 5.41) is 17.8. The van der Waals surface area contributed by atoms with E-state index in [2.05, 4.69) is 83.7 Å². The summed E-state index contributed by atoms with van der Waals surface area (Å²) in [4.78, 5) is 117.